The van der Waals surface area contributed by atoms with Crippen LogP contribution in [0, 0.1) is 12.8 Å². The van der Waals surface area contributed by atoms with Crippen molar-refractivity contribution in [2.75, 3.05) is 11.1 Å². The van der Waals surface area contributed by atoms with Crippen LogP contribution in [-0.4, -0.2) is 26.4 Å². The zero-order valence-electron chi connectivity index (χ0n) is 17.1. The number of carbonyl (C=O) groups is 1. The number of thiophene rings is 1. The molecule has 0 saturated heterocycles. The summed E-state index contributed by atoms with van der Waals surface area (Å²) in [5.41, 5.74) is 4.66. The number of thioether (sulfide) groups is 1. The van der Waals surface area contributed by atoms with Gasteiger partial charge in [-0.2, -0.15) is 0 Å². The van der Waals surface area contributed by atoms with Crippen LogP contribution >= 0.6 is 23.1 Å². The minimum absolute atomic E-state index is 0.0343. The van der Waals surface area contributed by atoms with Gasteiger partial charge in [0.25, 0.3) is 0 Å². The van der Waals surface area contributed by atoms with E-state index in [0.717, 1.165) is 35.6 Å². The van der Waals surface area contributed by atoms with Gasteiger partial charge in [0.1, 0.15) is 0 Å². The van der Waals surface area contributed by atoms with Crippen LogP contribution in [-0.2, 0) is 24.2 Å². The molecule has 0 radical (unpaired) electrons. The highest BCUT2D eigenvalue weighted by Gasteiger charge is 2.24. The minimum Gasteiger partial charge on any atom is -0.325 e. The highest BCUT2D eigenvalue weighted by atomic mass is 32.2. The molecule has 0 fully saturated rings. The van der Waals surface area contributed by atoms with Gasteiger partial charge in [-0.25, -0.2) is 0 Å². The average molecular weight is 427 g/mol. The zero-order valence-corrected chi connectivity index (χ0v) is 18.7. The van der Waals surface area contributed by atoms with Crippen molar-refractivity contribution in [1.82, 2.24) is 14.8 Å². The normalized spacial score (nSPS) is 15.9. The van der Waals surface area contributed by atoms with E-state index >= 15 is 0 Å². The number of fused-ring (bicyclic) bond motifs is 1. The van der Waals surface area contributed by atoms with E-state index < -0.39 is 0 Å². The van der Waals surface area contributed by atoms with Crippen molar-refractivity contribution in [3.63, 3.8) is 0 Å². The molecule has 1 aromatic carbocycles. The summed E-state index contributed by atoms with van der Waals surface area (Å²) in [4.78, 5) is 13.8. The van der Waals surface area contributed by atoms with E-state index in [1.807, 2.05) is 42.5 Å². The first-order valence-electron chi connectivity index (χ1n) is 10.1. The van der Waals surface area contributed by atoms with Crippen LogP contribution in [0.5, 0.6) is 0 Å². The van der Waals surface area contributed by atoms with Crippen molar-refractivity contribution in [1.29, 1.82) is 0 Å². The van der Waals surface area contributed by atoms with Crippen molar-refractivity contribution < 1.29 is 4.79 Å². The van der Waals surface area contributed by atoms with Gasteiger partial charge in [-0.1, -0.05) is 36.4 Å². The molecular weight excluding hydrogens is 400 g/mol. The molecule has 0 saturated carbocycles. The molecule has 2 heterocycles. The number of amides is 1. The molecule has 1 N–H and O–H groups in total. The number of hydrogen-bond acceptors (Lipinski definition) is 5. The summed E-state index contributed by atoms with van der Waals surface area (Å²) < 4.78 is 2.13. The van der Waals surface area contributed by atoms with Gasteiger partial charge < -0.3 is 9.88 Å². The van der Waals surface area contributed by atoms with Gasteiger partial charge in [0.05, 0.1) is 5.75 Å². The Hall–Kier alpha value is -2.12. The number of nitrogens with one attached hydrogen (secondary N) is 1. The first kappa shape index (κ1) is 20.2. The predicted molar refractivity (Wildman–Crippen MR) is 121 cm³/mol. The smallest absolute Gasteiger partial charge is 0.234 e. The number of aryl methyl sites for hydroxylation is 1. The van der Waals surface area contributed by atoms with E-state index in [2.05, 4.69) is 39.3 Å². The average Bonchev–Trinajstić information content (AvgIpc) is 3.30. The Labute approximate surface area is 179 Å². The minimum atomic E-state index is -0.0343. The summed E-state index contributed by atoms with van der Waals surface area (Å²) >= 11 is 3.29. The van der Waals surface area contributed by atoms with Gasteiger partial charge in [-0.3, -0.25) is 4.79 Å². The van der Waals surface area contributed by atoms with E-state index in [1.54, 1.807) is 0 Å². The van der Waals surface area contributed by atoms with Crippen molar-refractivity contribution in [2.24, 2.45) is 5.92 Å². The van der Waals surface area contributed by atoms with Crippen molar-refractivity contribution in [2.45, 2.75) is 51.7 Å². The molecule has 7 heteroatoms. The van der Waals surface area contributed by atoms with Crippen LogP contribution in [0.4, 0.5) is 5.69 Å². The van der Waals surface area contributed by atoms with Crippen molar-refractivity contribution in [3.8, 4) is 11.4 Å². The highest BCUT2D eigenvalue weighted by Crippen LogP contribution is 2.38. The summed E-state index contributed by atoms with van der Waals surface area (Å²) in [5.74, 6) is 1.97. The fourth-order valence-electron chi connectivity index (χ4n) is 3.71. The third-order valence-electron chi connectivity index (χ3n) is 5.34. The number of carbonyl (C=O) groups excluding carboxylic acids is 1. The molecule has 0 spiro atoms. The lowest BCUT2D eigenvalue weighted by Crippen LogP contribution is -2.14. The maximum absolute atomic E-state index is 12.3. The number of anilines is 1. The Morgan fingerprint density at radius 1 is 1.31 bits per heavy atom. The van der Waals surface area contributed by atoms with Crippen molar-refractivity contribution in [3.05, 3.63) is 45.6 Å². The van der Waals surface area contributed by atoms with E-state index in [1.165, 1.54) is 46.2 Å². The number of rotatable bonds is 6. The molecule has 2 aromatic heterocycles. The van der Waals surface area contributed by atoms with Crippen LogP contribution < -0.4 is 5.32 Å². The first-order chi connectivity index (χ1) is 14.0. The molecule has 3 aromatic rings. The molecule has 5 nitrogen and oxygen atoms in total. The molecule has 0 bridgehead atoms. The van der Waals surface area contributed by atoms with Gasteiger partial charge >= 0.3 is 0 Å². The highest BCUT2D eigenvalue weighted by molar-refractivity contribution is 7.99. The molecule has 1 aliphatic carbocycles. The molecule has 1 amide bonds. The predicted octanol–water partition coefficient (Wildman–Crippen LogP) is 5.19. The summed E-state index contributed by atoms with van der Waals surface area (Å²) in [6, 6.07) is 7.83. The zero-order chi connectivity index (χ0) is 20.4. The van der Waals surface area contributed by atoms with Crippen LogP contribution in [0.15, 0.2) is 34.8 Å². The lowest BCUT2D eigenvalue weighted by Gasteiger charge is -2.19. The Balaban J connectivity index is 1.47. The number of hydrogen-bond donors (Lipinski definition) is 1. The SMILES string of the molecule is CCn1c(SCC(=O)Nc2ccc(C)cc2)nnc1-c1csc2c1CCC(C)C2. The largest absolute Gasteiger partial charge is 0.325 e. The van der Waals surface area contributed by atoms with Gasteiger partial charge in [0.15, 0.2) is 11.0 Å². The molecule has 1 aliphatic rings. The summed E-state index contributed by atoms with van der Waals surface area (Å²) in [7, 11) is 0. The van der Waals surface area contributed by atoms with Crippen LogP contribution in [0.2, 0.25) is 0 Å². The van der Waals surface area contributed by atoms with Crippen LogP contribution in [0.1, 0.15) is 36.3 Å². The molecule has 0 aliphatic heterocycles. The van der Waals surface area contributed by atoms with E-state index in [4.69, 9.17) is 0 Å². The molecule has 29 heavy (non-hydrogen) atoms. The monoisotopic (exact) mass is 426 g/mol. The topological polar surface area (TPSA) is 59.8 Å². The Morgan fingerprint density at radius 3 is 2.86 bits per heavy atom. The van der Waals surface area contributed by atoms with Crippen LogP contribution in [0.3, 0.4) is 0 Å². The Kier molecular flexibility index (Phi) is 6.06. The molecule has 152 valence electrons. The number of aromatic nitrogens is 3. The Morgan fingerprint density at radius 2 is 2.10 bits per heavy atom. The maximum Gasteiger partial charge on any atom is 0.234 e. The molecule has 4 rings (SSSR count). The van der Waals surface area contributed by atoms with E-state index in [0.29, 0.717) is 5.75 Å². The molecular formula is C22H26N4OS2. The van der Waals surface area contributed by atoms with Gasteiger partial charge in [-0.05, 0) is 56.7 Å². The summed E-state index contributed by atoms with van der Waals surface area (Å²) in [5, 5.41) is 14.9. The van der Waals surface area contributed by atoms with Crippen molar-refractivity contribution >= 4 is 34.7 Å². The summed E-state index contributed by atoms with van der Waals surface area (Å²) in [6.45, 7) is 7.24. The molecule has 1 atom stereocenters. The van der Waals surface area contributed by atoms with Gasteiger partial charge in [0.2, 0.25) is 5.91 Å². The van der Waals surface area contributed by atoms with Gasteiger partial charge in [0, 0.05) is 28.1 Å². The molecule has 1 unspecified atom stereocenters. The second-order valence-corrected chi connectivity index (χ2v) is 9.56. The second-order valence-electron chi connectivity index (χ2n) is 7.65. The fraction of sp³-hybridized carbons (Fsp3) is 0.409. The van der Waals surface area contributed by atoms with E-state index in [9.17, 15) is 4.79 Å². The third kappa shape index (κ3) is 4.41. The number of nitrogens with zero attached hydrogens (tertiary/aromatic N) is 3. The van der Waals surface area contributed by atoms with Gasteiger partial charge in [-0.15, -0.1) is 21.5 Å². The first-order valence-corrected chi connectivity index (χ1v) is 11.9. The standard InChI is InChI=1S/C22H26N4OS2/c1-4-26-21(18-12-28-19-11-15(3)7-10-17(18)19)24-25-22(26)29-13-20(27)23-16-8-5-14(2)6-9-16/h5-6,8-9,12,15H,4,7,10-11,13H2,1-3H3,(H,23,27). The quantitative estimate of drug-likeness (QED) is 0.551. The second kappa shape index (κ2) is 8.71. The summed E-state index contributed by atoms with van der Waals surface area (Å²) in [6.07, 6.45) is 3.52. The lowest BCUT2D eigenvalue weighted by molar-refractivity contribution is -0.113. The van der Waals surface area contributed by atoms with Crippen LogP contribution in [0.25, 0.3) is 11.4 Å². The lowest BCUT2D eigenvalue weighted by atomic mass is 9.88. The third-order valence-corrected chi connectivity index (χ3v) is 7.36. The van der Waals surface area contributed by atoms with E-state index in [-0.39, 0.29) is 5.91 Å². The number of benzene rings is 1. The Bertz CT molecular complexity index is 1010. The maximum atomic E-state index is 12.3. The fourth-order valence-corrected chi connectivity index (χ4v) is 5.75.